The first kappa shape index (κ1) is 21.8. The fourth-order valence-corrected chi connectivity index (χ4v) is 3.92. The highest BCUT2D eigenvalue weighted by Crippen LogP contribution is 2.35. The summed E-state index contributed by atoms with van der Waals surface area (Å²) >= 11 is 0. The second-order valence-electron chi connectivity index (χ2n) is 7.61. The third-order valence-corrected chi connectivity index (χ3v) is 5.21. The van der Waals surface area contributed by atoms with Gasteiger partial charge in [0.1, 0.15) is 0 Å². The van der Waals surface area contributed by atoms with E-state index in [0.29, 0.717) is 19.1 Å². The number of hydrogen-bond acceptors (Lipinski definition) is 4. The van der Waals surface area contributed by atoms with Crippen molar-refractivity contribution in [1.29, 1.82) is 0 Å². The number of halogens is 2. The van der Waals surface area contributed by atoms with E-state index in [0.717, 1.165) is 31.4 Å². The van der Waals surface area contributed by atoms with Gasteiger partial charge in [-0.15, -0.1) is 0 Å². The first-order valence-corrected chi connectivity index (χ1v) is 9.95. The van der Waals surface area contributed by atoms with Gasteiger partial charge in [0, 0.05) is 31.1 Å². The van der Waals surface area contributed by atoms with Crippen LogP contribution >= 0.6 is 0 Å². The summed E-state index contributed by atoms with van der Waals surface area (Å²) in [6.45, 7) is 9.48. The summed E-state index contributed by atoms with van der Waals surface area (Å²) in [5.74, 6) is -1.77. The second kappa shape index (κ2) is 10.1. The van der Waals surface area contributed by atoms with E-state index in [1.807, 2.05) is 0 Å². The van der Waals surface area contributed by atoms with Crippen molar-refractivity contribution < 1.29 is 18.3 Å². The molecular weight excluding hydrogens is 350 g/mol. The van der Waals surface area contributed by atoms with Crippen molar-refractivity contribution in [3.05, 3.63) is 35.4 Å². The van der Waals surface area contributed by atoms with Crippen molar-refractivity contribution in [2.24, 2.45) is 0 Å². The summed E-state index contributed by atoms with van der Waals surface area (Å²) in [6.07, 6.45) is 3.00. The minimum absolute atomic E-state index is 0.00704. The molecule has 2 rings (SSSR count). The number of hydrogen-bond donors (Lipinski definition) is 1. The number of likely N-dealkylation sites (tertiary alicyclic amines) is 1. The molecule has 6 heteroatoms. The number of esters is 1. The average Bonchev–Trinajstić information content (AvgIpc) is 3.01. The van der Waals surface area contributed by atoms with Crippen molar-refractivity contribution in [3.8, 4) is 0 Å². The molecule has 1 aromatic carbocycles. The van der Waals surface area contributed by atoms with Gasteiger partial charge >= 0.3 is 5.97 Å². The molecular formula is C21H32F2N2O2. The Morgan fingerprint density at radius 3 is 2.67 bits per heavy atom. The molecule has 0 saturated carbocycles. The molecule has 4 nitrogen and oxygen atoms in total. The zero-order valence-electron chi connectivity index (χ0n) is 16.8. The fourth-order valence-electron chi connectivity index (χ4n) is 3.92. The van der Waals surface area contributed by atoms with Crippen LogP contribution in [0.15, 0.2) is 18.2 Å². The summed E-state index contributed by atoms with van der Waals surface area (Å²) < 4.78 is 32.1. The lowest BCUT2D eigenvalue weighted by molar-refractivity contribution is -0.143. The van der Waals surface area contributed by atoms with Crippen molar-refractivity contribution in [2.75, 3.05) is 13.2 Å². The van der Waals surface area contributed by atoms with Gasteiger partial charge in [-0.25, -0.2) is 8.78 Å². The smallest absolute Gasteiger partial charge is 0.305 e. The van der Waals surface area contributed by atoms with Crippen LogP contribution in [0.2, 0.25) is 0 Å². The van der Waals surface area contributed by atoms with E-state index < -0.39 is 11.6 Å². The summed E-state index contributed by atoms with van der Waals surface area (Å²) in [5, 5.41) is 3.64. The van der Waals surface area contributed by atoms with Gasteiger partial charge < -0.3 is 10.1 Å². The summed E-state index contributed by atoms with van der Waals surface area (Å²) in [5.41, 5.74) is 0.802. The van der Waals surface area contributed by atoms with Gasteiger partial charge in [0.15, 0.2) is 11.6 Å². The minimum Gasteiger partial charge on any atom is -0.466 e. The molecule has 1 aliphatic heterocycles. The lowest BCUT2D eigenvalue weighted by atomic mass is 9.97. The lowest BCUT2D eigenvalue weighted by Gasteiger charge is -2.33. The molecule has 152 valence electrons. The van der Waals surface area contributed by atoms with Gasteiger partial charge in [-0.05, 0) is 64.7 Å². The highest BCUT2D eigenvalue weighted by molar-refractivity contribution is 5.69. The third kappa shape index (κ3) is 5.98. The Balaban J connectivity index is 2.01. The summed E-state index contributed by atoms with van der Waals surface area (Å²) in [6, 6.07) is 4.92. The molecule has 1 N–H and O–H groups in total. The van der Waals surface area contributed by atoms with Crippen molar-refractivity contribution >= 4 is 5.97 Å². The molecule has 1 aliphatic rings. The van der Waals surface area contributed by atoms with E-state index in [1.165, 1.54) is 12.1 Å². The fraction of sp³-hybridized carbons (Fsp3) is 0.667. The van der Waals surface area contributed by atoms with Crippen LogP contribution in [0.1, 0.15) is 65.0 Å². The molecule has 0 spiro atoms. The molecule has 0 bridgehead atoms. The maximum Gasteiger partial charge on any atom is 0.305 e. The number of rotatable bonds is 9. The quantitative estimate of drug-likeness (QED) is 0.650. The van der Waals surface area contributed by atoms with Crippen molar-refractivity contribution in [1.82, 2.24) is 10.2 Å². The standard InChI is InChI=1S/C21H32F2N2O2/c1-5-27-20(26)8-6-7-15(4)24-19-11-12-25(14(2)3)21(19)16-9-10-17(22)18(23)13-16/h9-10,13-15,19,21,24H,5-8,11-12H2,1-4H3/t15-,19+,21+/m0/s1. The third-order valence-electron chi connectivity index (χ3n) is 5.21. The van der Waals surface area contributed by atoms with E-state index in [9.17, 15) is 13.6 Å². The number of nitrogens with zero attached hydrogens (tertiary/aromatic N) is 1. The van der Waals surface area contributed by atoms with Gasteiger partial charge in [0.05, 0.1) is 12.6 Å². The monoisotopic (exact) mass is 382 g/mol. The Bertz CT molecular complexity index is 624. The number of ether oxygens (including phenoxy) is 1. The molecule has 1 fully saturated rings. The molecule has 0 aromatic heterocycles. The Hall–Kier alpha value is -1.53. The predicted molar refractivity (Wildman–Crippen MR) is 102 cm³/mol. The van der Waals surface area contributed by atoms with E-state index >= 15 is 0 Å². The zero-order chi connectivity index (χ0) is 20.0. The number of nitrogens with one attached hydrogen (secondary N) is 1. The van der Waals surface area contributed by atoms with Crippen LogP contribution in [0, 0.1) is 11.6 Å². The molecule has 0 unspecified atom stereocenters. The van der Waals surface area contributed by atoms with Crippen LogP contribution in [-0.2, 0) is 9.53 Å². The SMILES string of the molecule is CCOC(=O)CCC[C@H](C)N[C@@H]1CCN(C(C)C)[C@@H]1c1ccc(F)c(F)c1. The molecule has 0 amide bonds. The van der Waals surface area contributed by atoms with Crippen LogP contribution in [0.4, 0.5) is 8.78 Å². The molecule has 1 aromatic rings. The molecule has 0 aliphatic carbocycles. The van der Waals surface area contributed by atoms with Gasteiger partial charge in [0.2, 0.25) is 0 Å². The first-order chi connectivity index (χ1) is 12.8. The molecule has 0 radical (unpaired) electrons. The minimum atomic E-state index is -0.815. The second-order valence-corrected chi connectivity index (χ2v) is 7.61. The van der Waals surface area contributed by atoms with Gasteiger partial charge in [-0.1, -0.05) is 6.07 Å². The van der Waals surface area contributed by atoms with Crippen LogP contribution in [0.3, 0.4) is 0 Å². The van der Waals surface area contributed by atoms with E-state index in [2.05, 4.69) is 31.0 Å². The number of benzene rings is 1. The molecule has 27 heavy (non-hydrogen) atoms. The zero-order valence-corrected chi connectivity index (χ0v) is 16.8. The van der Waals surface area contributed by atoms with E-state index in [-0.39, 0.29) is 24.1 Å². The van der Waals surface area contributed by atoms with Gasteiger partial charge in [0.25, 0.3) is 0 Å². The van der Waals surface area contributed by atoms with Gasteiger partial charge in [-0.3, -0.25) is 9.69 Å². The van der Waals surface area contributed by atoms with Crippen LogP contribution in [-0.4, -0.2) is 42.1 Å². The Morgan fingerprint density at radius 1 is 1.30 bits per heavy atom. The van der Waals surface area contributed by atoms with Crippen LogP contribution in [0.5, 0.6) is 0 Å². The molecule has 1 saturated heterocycles. The van der Waals surface area contributed by atoms with E-state index in [1.54, 1.807) is 13.0 Å². The maximum atomic E-state index is 13.8. The Kier molecular flexibility index (Phi) is 8.17. The largest absolute Gasteiger partial charge is 0.466 e. The molecule has 3 atom stereocenters. The molecule has 1 heterocycles. The normalized spacial score (nSPS) is 21.6. The Morgan fingerprint density at radius 2 is 2.04 bits per heavy atom. The van der Waals surface area contributed by atoms with Crippen molar-refractivity contribution in [2.45, 2.75) is 77.5 Å². The Labute approximate surface area is 161 Å². The van der Waals surface area contributed by atoms with Crippen molar-refractivity contribution in [3.63, 3.8) is 0 Å². The van der Waals surface area contributed by atoms with Gasteiger partial charge in [-0.2, -0.15) is 0 Å². The maximum absolute atomic E-state index is 13.8. The topological polar surface area (TPSA) is 41.6 Å². The lowest BCUT2D eigenvalue weighted by Crippen LogP contribution is -2.42. The van der Waals surface area contributed by atoms with Crippen LogP contribution < -0.4 is 5.32 Å². The summed E-state index contributed by atoms with van der Waals surface area (Å²) in [4.78, 5) is 13.8. The first-order valence-electron chi connectivity index (χ1n) is 9.95. The average molecular weight is 382 g/mol. The highest BCUT2D eigenvalue weighted by atomic mass is 19.2. The number of carbonyl (C=O) groups excluding carboxylic acids is 1. The summed E-state index contributed by atoms with van der Waals surface area (Å²) in [7, 11) is 0. The van der Waals surface area contributed by atoms with E-state index in [4.69, 9.17) is 4.74 Å². The van der Waals surface area contributed by atoms with Crippen LogP contribution in [0.25, 0.3) is 0 Å². The number of carbonyl (C=O) groups is 1. The predicted octanol–water partition coefficient (Wildman–Crippen LogP) is 4.20. The highest BCUT2D eigenvalue weighted by Gasteiger charge is 2.37.